The maximum atomic E-state index is 13.2. The van der Waals surface area contributed by atoms with Crippen LogP contribution in [-0.2, 0) is 17.5 Å². The van der Waals surface area contributed by atoms with Crippen molar-refractivity contribution in [3.63, 3.8) is 0 Å². The largest absolute Gasteiger partial charge is 0.434 e. The number of nitrogens with zero attached hydrogens (tertiary/aromatic N) is 3. The van der Waals surface area contributed by atoms with Crippen molar-refractivity contribution in [3.05, 3.63) is 58.9 Å². The van der Waals surface area contributed by atoms with Gasteiger partial charge in [-0.05, 0) is 24.2 Å². The summed E-state index contributed by atoms with van der Waals surface area (Å²) in [5.41, 5.74) is 0.569. The highest BCUT2D eigenvalue weighted by molar-refractivity contribution is 6.76. The number of nitrogens with one attached hydrogen (secondary N) is 1. The van der Waals surface area contributed by atoms with Crippen molar-refractivity contribution < 1.29 is 17.9 Å². The number of alkyl halides is 3. The number of halogens is 3. The Kier molecular flexibility index (Phi) is 6.80. The van der Waals surface area contributed by atoms with Crippen molar-refractivity contribution in [2.75, 3.05) is 13.2 Å². The lowest BCUT2D eigenvalue weighted by atomic mass is 10.1. The van der Waals surface area contributed by atoms with E-state index < -0.39 is 19.9 Å². The molecule has 3 heterocycles. The van der Waals surface area contributed by atoms with Gasteiger partial charge in [0.25, 0.3) is 0 Å². The van der Waals surface area contributed by atoms with Crippen LogP contribution in [-0.4, -0.2) is 40.8 Å². The first-order chi connectivity index (χ1) is 14.5. The smallest absolute Gasteiger partial charge is 0.380 e. The molecule has 0 atom stereocenters. The predicted octanol–water partition coefficient (Wildman–Crippen LogP) is 4.67. The Bertz CT molecular complexity index is 1050. The molecule has 0 aliphatic rings. The van der Waals surface area contributed by atoms with Crippen LogP contribution in [0.2, 0.25) is 25.7 Å². The summed E-state index contributed by atoms with van der Waals surface area (Å²) in [6, 6.07) is 7.35. The second-order valence-corrected chi connectivity index (χ2v) is 14.1. The number of imidazole rings is 1. The van der Waals surface area contributed by atoms with Gasteiger partial charge in [0, 0.05) is 57.0 Å². The van der Waals surface area contributed by atoms with Crippen molar-refractivity contribution in [1.82, 2.24) is 19.5 Å². The molecule has 3 aromatic rings. The molecule has 6 nitrogen and oxygen atoms in total. The number of ether oxygens (including phenoxy) is 1. The summed E-state index contributed by atoms with van der Waals surface area (Å²) >= 11 is 0. The summed E-state index contributed by atoms with van der Waals surface area (Å²) in [6.45, 7) is 7.87. The molecule has 0 aromatic carbocycles. The van der Waals surface area contributed by atoms with Gasteiger partial charge in [-0.2, -0.15) is 13.2 Å². The lowest BCUT2D eigenvalue weighted by molar-refractivity contribution is -0.140. The van der Waals surface area contributed by atoms with E-state index in [-0.39, 0.29) is 17.9 Å². The lowest BCUT2D eigenvalue weighted by Gasteiger charge is -2.15. The van der Waals surface area contributed by atoms with Crippen LogP contribution in [0, 0.1) is 0 Å². The first-order valence-corrected chi connectivity index (χ1v) is 13.6. The van der Waals surface area contributed by atoms with E-state index >= 15 is 0 Å². The minimum Gasteiger partial charge on any atom is -0.380 e. The van der Waals surface area contributed by atoms with Crippen molar-refractivity contribution in [1.29, 1.82) is 0 Å². The Labute approximate surface area is 179 Å². The number of hydrogen-bond donors (Lipinski definition) is 1. The van der Waals surface area contributed by atoms with Gasteiger partial charge in [-0.25, -0.2) is 4.98 Å². The summed E-state index contributed by atoms with van der Waals surface area (Å²) in [5, 5.41) is 0. The molecule has 3 aromatic heterocycles. The molecule has 0 saturated heterocycles. The highest BCUT2D eigenvalue weighted by Gasteiger charge is 2.35. The van der Waals surface area contributed by atoms with Crippen LogP contribution in [0.5, 0.6) is 0 Å². The van der Waals surface area contributed by atoms with Gasteiger partial charge in [-0.1, -0.05) is 19.6 Å². The van der Waals surface area contributed by atoms with E-state index in [1.165, 1.54) is 23.0 Å². The average molecular weight is 451 g/mol. The van der Waals surface area contributed by atoms with E-state index in [1.807, 2.05) is 0 Å². The van der Waals surface area contributed by atoms with Crippen LogP contribution < -0.4 is 5.56 Å². The molecule has 31 heavy (non-hydrogen) atoms. The predicted molar refractivity (Wildman–Crippen MR) is 115 cm³/mol. The van der Waals surface area contributed by atoms with Gasteiger partial charge in [0.05, 0.1) is 12.3 Å². The summed E-state index contributed by atoms with van der Waals surface area (Å²) in [6.07, 6.45) is -0.522. The lowest BCUT2D eigenvalue weighted by Crippen LogP contribution is -2.22. The fraction of sp³-hybridized carbons (Fsp3) is 0.381. The normalized spacial score (nSPS) is 12.3. The van der Waals surface area contributed by atoms with Gasteiger partial charge < -0.3 is 14.3 Å². The topological polar surface area (TPSA) is 72.8 Å². The summed E-state index contributed by atoms with van der Waals surface area (Å²) in [7, 11) is -1.23. The Balaban J connectivity index is 1.79. The minimum atomic E-state index is -4.54. The zero-order valence-corrected chi connectivity index (χ0v) is 18.7. The number of pyridine rings is 2. The van der Waals surface area contributed by atoms with E-state index in [2.05, 4.69) is 34.6 Å². The molecular weight excluding hydrogens is 425 g/mol. The van der Waals surface area contributed by atoms with Crippen LogP contribution in [0.3, 0.4) is 0 Å². The third kappa shape index (κ3) is 6.38. The van der Waals surface area contributed by atoms with E-state index in [0.717, 1.165) is 12.2 Å². The number of H-pyrrole nitrogens is 1. The molecule has 3 rings (SSSR count). The highest BCUT2D eigenvalue weighted by atomic mass is 28.3. The van der Waals surface area contributed by atoms with E-state index in [4.69, 9.17) is 4.74 Å². The van der Waals surface area contributed by atoms with Crippen LogP contribution in [0.4, 0.5) is 13.2 Å². The average Bonchev–Trinajstić information content (AvgIpc) is 3.12. The molecule has 1 N–H and O–H groups in total. The third-order valence-corrected chi connectivity index (χ3v) is 6.35. The molecular formula is C21H25F3N4O2Si. The number of hydrogen-bond acceptors (Lipinski definition) is 4. The summed E-state index contributed by atoms with van der Waals surface area (Å²) in [4.78, 5) is 21.9. The first kappa shape index (κ1) is 23.0. The molecule has 0 radical (unpaired) electrons. The second kappa shape index (κ2) is 9.19. The van der Waals surface area contributed by atoms with Gasteiger partial charge in [0.15, 0.2) is 5.69 Å². The third-order valence-electron chi connectivity index (χ3n) is 4.64. The molecule has 0 bridgehead atoms. The molecule has 10 heteroatoms. The number of aromatic nitrogens is 4. The van der Waals surface area contributed by atoms with Crippen LogP contribution in [0.25, 0.3) is 22.6 Å². The molecule has 0 saturated carbocycles. The molecule has 0 aliphatic heterocycles. The Morgan fingerprint density at radius 1 is 1.10 bits per heavy atom. The quantitative estimate of drug-likeness (QED) is 0.400. The summed E-state index contributed by atoms with van der Waals surface area (Å²) < 4.78 is 46.8. The maximum Gasteiger partial charge on any atom is 0.434 e. The van der Waals surface area contributed by atoms with Crippen LogP contribution >= 0.6 is 0 Å². The van der Waals surface area contributed by atoms with Crippen molar-refractivity contribution in [2.45, 2.75) is 38.4 Å². The fourth-order valence-electron chi connectivity index (χ4n) is 2.86. The molecule has 0 amide bonds. The second-order valence-electron chi connectivity index (χ2n) is 8.44. The molecule has 166 valence electrons. The standard InChI is InChI=1S/C21H25F3N4O2Si/c1-31(2,3)11-10-30-9-8-28-14-18(21(22,23)24)27-20(28)16-4-6-17(25-13-16)15-5-7-19(29)26-12-15/h4-7,12-14H,8-11H2,1-3H3,(H,26,29). The van der Waals surface area contributed by atoms with Gasteiger partial charge in [0.1, 0.15) is 5.82 Å². The Morgan fingerprint density at radius 3 is 2.42 bits per heavy atom. The number of rotatable bonds is 8. The van der Waals surface area contributed by atoms with E-state index in [0.29, 0.717) is 30.0 Å². The van der Waals surface area contributed by atoms with Crippen molar-refractivity contribution in [2.24, 2.45) is 0 Å². The van der Waals surface area contributed by atoms with Crippen LogP contribution in [0.15, 0.2) is 47.7 Å². The number of aromatic amines is 1. The zero-order chi connectivity index (χ0) is 22.6. The molecule has 0 unspecified atom stereocenters. The molecule has 0 aliphatic carbocycles. The van der Waals surface area contributed by atoms with Gasteiger partial charge in [-0.3, -0.25) is 9.78 Å². The van der Waals surface area contributed by atoms with E-state index in [9.17, 15) is 18.0 Å². The monoisotopic (exact) mass is 450 g/mol. The SMILES string of the molecule is C[Si](C)(C)CCOCCn1cc(C(F)(F)F)nc1-c1ccc(-c2ccc(=O)[nH]c2)nc1. The van der Waals surface area contributed by atoms with Gasteiger partial charge in [0.2, 0.25) is 5.56 Å². The summed E-state index contributed by atoms with van der Waals surface area (Å²) in [5.74, 6) is 0.182. The Morgan fingerprint density at radius 2 is 1.84 bits per heavy atom. The minimum absolute atomic E-state index is 0.182. The van der Waals surface area contributed by atoms with Gasteiger partial charge in [-0.15, -0.1) is 0 Å². The van der Waals surface area contributed by atoms with E-state index in [1.54, 1.807) is 18.2 Å². The molecule has 0 spiro atoms. The van der Waals surface area contributed by atoms with Crippen LogP contribution in [0.1, 0.15) is 5.69 Å². The van der Waals surface area contributed by atoms with Crippen molar-refractivity contribution >= 4 is 8.07 Å². The first-order valence-electron chi connectivity index (χ1n) is 9.91. The molecule has 0 fully saturated rings. The van der Waals surface area contributed by atoms with Gasteiger partial charge >= 0.3 is 6.18 Å². The maximum absolute atomic E-state index is 13.2. The fourth-order valence-corrected chi connectivity index (χ4v) is 3.62. The Hall–Kier alpha value is -2.72. The zero-order valence-electron chi connectivity index (χ0n) is 17.7. The van der Waals surface area contributed by atoms with Crippen molar-refractivity contribution in [3.8, 4) is 22.6 Å². The highest BCUT2D eigenvalue weighted by Crippen LogP contribution is 2.31.